The predicted molar refractivity (Wildman–Crippen MR) is 99.3 cm³/mol. The molecule has 0 atom stereocenters. The number of benzene rings is 3. The Hall–Kier alpha value is -3.07. The number of rotatable bonds is 2. The van der Waals surface area contributed by atoms with E-state index in [-0.39, 0.29) is 0 Å². The Kier molecular flexibility index (Phi) is 2.39. The van der Waals surface area contributed by atoms with Crippen molar-refractivity contribution in [2.24, 2.45) is 0 Å². The van der Waals surface area contributed by atoms with Gasteiger partial charge in [0.25, 0.3) is 0 Å². The molecule has 0 saturated heterocycles. The Labute approximate surface area is 143 Å². The highest BCUT2D eigenvalue weighted by atomic mass is 16.3. The fourth-order valence-corrected chi connectivity index (χ4v) is 4.30. The van der Waals surface area contributed by atoms with Gasteiger partial charge in [-0.3, -0.25) is 0 Å². The molecular formula is C22H16NO2+. The van der Waals surface area contributed by atoms with Gasteiger partial charge in [-0.2, -0.15) is 4.57 Å². The van der Waals surface area contributed by atoms with Gasteiger partial charge in [0.05, 0.1) is 16.3 Å². The Morgan fingerprint density at radius 2 is 1.20 bits per heavy atom. The standard InChI is InChI=1S/C22H16NO2/c1-2-12-23-13-6-3-8-15-19(13)22-20-14(23)7-4-9-16(20)25-18-11-5-10-17(24-15)21(18)22/h3-11H,2,12H2,1H3/q+1. The van der Waals surface area contributed by atoms with Crippen molar-refractivity contribution in [1.82, 2.24) is 0 Å². The average Bonchev–Trinajstić information content (AvgIpc) is 2.65. The summed E-state index contributed by atoms with van der Waals surface area (Å²) in [6, 6.07) is 18.7. The van der Waals surface area contributed by atoms with Crippen molar-refractivity contribution < 1.29 is 13.4 Å². The molecule has 2 aliphatic rings. The Morgan fingerprint density at radius 1 is 0.680 bits per heavy atom. The largest absolute Gasteiger partial charge is 0.456 e. The van der Waals surface area contributed by atoms with Crippen LogP contribution in [0.3, 0.4) is 0 Å². The molecule has 0 aliphatic carbocycles. The fraction of sp³-hybridized carbons (Fsp3) is 0.136. The number of pyridine rings is 1. The second-order valence-corrected chi connectivity index (χ2v) is 6.66. The van der Waals surface area contributed by atoms with Crippen LogP contribution >= 0.6 is 0 Å². The molecule has 0 radical (unpaired) electrons. The maximum absolute atomic E-state index is 6.25. The van der Waals surface area contributed by atoms with E-state index in [1.807, 2.05) is 18.2 Å². The van der Waals surface area contributed by atoms with E-state index < -0.39 is 0 Å². The van der Waals surface area contributed by atoms with Crippen molar-refractivity contribution in [2.75, 3.05) is 0 Å². The van der Waals surface area contributed by atoms with Gasteiger partial charge in [-0.1, -0.05) is 25.1 Å². The van der Waals surface area contributed by atoms with Gasteiger partial charge in [-0.25, -0.2) is 0 Å². The van der Waals surface area contributed by atoms with Gasteiger partial charge in [-0.15, -0.1) is 0 Å². The normalized spacial score (nSPS) is 12.5. The Morgan fingerprint density at radius 3 is 1.76 bits per heavy atom. The summed E-state index contributed by atoms with van der Waals surface area (Å²) in [5.41, 5.74) is 8.40. The van der Waals surface area contributed by atoms with E-state index in [4.69, 9.17) is 8.83 Å². The molecule has 0 spiro atoms. The van der Waals surface area contributed by atoms with Crippen molar-refractivity contribution in [1.29, 1.82) is 0 Å². The number of aryl methyl sites for hydroxylation is 1. The van der Waals surface area contributed by atoms with E-state index in [0.29, 0.717) is 0 Å². The molecular weight excluding hydrogens is 310 g/mol. The van der Waals surface area contributed by atoms with Crippen LogP contribution in [0, 0.1) is 0 Å². The molecule has 3 heterocycles. The van der Waals surface area contributed by atoms with Crippen LogP contribution in [-0.2, 0) is 6.54 Å². The van der Waals surface area contributed by atoms with E-state index in [0.717, 1.165) is 40.9 Å². The molecule has 0 bridgehead atoms. The summed E-state index contributed by atoms with van der Waals surface area (Å²) in [5.74, 6) is 0. The smallest absolute Gasteiger partial charge is 0.217 e. The average molecular weight is 326 g/mol. The summed E-state index contributed by atoms with van der Waals surface area (Å²) < 4.78 is 14.9. The molecule has 120 valence electrons. The van der Waals surface area contributed by atoms with Crippen LogP contribution in [0.25, 0.3) is 55.3 Å². The second-order valence-electron chi connectivity index (χ2n) is 6.66. The first kappa shape index (κ1) is 13.2. The second kappa shape index (κ2) is 4.51. The van der Waals surface area contributed by atoms with Crippen molar-refractivity contribution in [3.05, 3.63) is 54.6 Å². The van der Waals surface area contributed by atoms with Crippen LogP contribution in [0.15, 0.2) is 63.4 Å². The molecule has 0 N–H and O–H groups in total. The van der Waals surface area contributed by atoms with Crippen molar-refractivity contribution in [3.63, 3.8) is 0 Å². The molecule has 3 aromatic carbocycles. The summed E-state index contributed by atoms with van der Waals surface area (Å²) >= 11 is 0. The predicted octanol–water partition coefficient (Wildman–Crippen LogP) is 5.73. The molecule has 0 fully saturated rings. The lowest BCUT2D eigenvalue weighted by molar-refractivity contribution is -0.645. The number of nitrogens with zero attached hydrogens (tertiary/aromatic N) is 1. The van der Waals surface area contributed by atoms with E-state index in [9.17, 15) is 0 Å². The highest BCUT2D eigenvalue weighted by Gasteiger charge is 2.30. The first-order valence-corrected chi connectivity index (χ1v) is 8.77. The molecule has 1 aromatic heterocycles. The highest BCUT2D eigenvalue weighted by Crippen LogP contribution is 2.46. The monoisotopic (exact) mass is 326 g/mol. The van der Waals surface area contributed by atoms with Crippen LogP contribution in [-0.4, -0.2) is 0 Å². The topological polar surface area (TPSA) is 30.2 Å². The Balaban J connectivity index is 2.06. The maximum Gasteiger partial charge on any atom is 0.217 e. The first-order chi connectivity index (χ1) is 12.4. The van der Waals surface area contributed by atoms with Crippen LogP contribution in [0.5, 0.6) is 0 Å². The number of hydrogen-bond acceptors (Lipinski definition) is 2. The molecule has 6 rings (SSSR count). The van der Waals surface area contributed by atoms with Crippen molar-refractivity contribution >= 4 is 44.1 Å². The number of hydrogen-bond donors (Lipinski definition) is 0. The third-order valence-corrected chi connectivity index (χ3v) is 5.22. The minimum absolute atomic E-state index is 0.876. The fourth-order valence-electron chi connectivity index (χ4n) is 4.30. The van der Waals surface area contributed by atoms with Crippen LogP contribution < -0.4 is 4.57 Å². The van der Waals surface area contributed by atoms with Gasteiger partial charge in [0.15, 0.2) is 0 Å². The van der Waals surface area contributed by atoms with E-state index >= 15 is 0 Å². The number of aromatic nitrogens is 1. The van der Waals surface area contributed by atoms with E-state index in [2.05, 4.69) is 47.9 Å². The quantitative estimate of drug-likeness (QED) is 0.231. The molecule has 0 saturated carbocycles. The van der Waals surface area contributed by atoms with E-state index in [1.165, 1.54) is 27.4 Å². The molecule has 0 amide bonds. The molecule has 2 aliphatic heterocycles. The third kappa shape index (κ3) is 1.53. The molecule has 4 aromatic rings. The van der Waals surface area contributed by atoms with Crippen LogP contribution in [0.2, 0.25) is 0 Å². The van der Waals surface area contributed by atoms with Crippen molar-refractivity contribution in [2.45, 2.75) is 19.9 Å². The zero-order valence-electron chi connectivity index (χ0n) is 13.9. The first-order valence-electron chi connectivity index (χ1n) is 8.77. The summed E-state index contributed by atoms with van der Waals surface area (Å²) in [7, 11) is 0. The minimum atomic E-state index is 0.876. The van der Waals surface area contributed by atoms with Gasteiger partial charge < -0.3 is 8.83 Å². The highest BCUT2D eigenvalue weighted by molar-refractivity contribution is 6.22. The lowest BCUT2D eigenvalue weighted by Crippen LogP contribution is -2.35. The van der Waals surface area contributed by atoms with Gasteiger partial charge in [0.2, 0.25) is 11.0 Å². The molecule has 3 nitrogen and oxygen atoms in total. The molecule has 3 heteroatoms. The molecule has 25 heavy (non-hydrogen) atoms. The summed E-state index contributed by atoms with van der Waals surface area (Å²) in [4.78, 5) is 0. The van der Waals surface area contributed by atoms with Crippen LogP contribution in [0.4, 0.5) is 0 Å². The maximum atomic E-state index is 6.25. The zero-order valence-corrected chi connectivity index (χ0v) is 13.9. The zero-order chi connectivity index (χ0) is 16.5. The summed E-state index contributed by atoms with van der Waals surface area (Å²) in [6.07, 6.45) is 1.08. The van der Waals surface area contributed by atoms with Gasteiger partial charge in [-0.05, 0) is 24.3 Å². The minimum Gasteiger partial charge on any atom is -0.456 e. The van der Waals surface area contributed by atoms with Crippen molar-refractivity contribution in [3.8, 4) is 11.1 Å². The Bertz CT molecular complexity index is 1260. The van der Waals surface area contributed by atoms with Gasteiger partial charge in [0.1, 0.15) is 28.9 Å². The third-order valence-electron chi connectivity index (χ3n) is 5.22. The van der Waals surface area contributed by atoms with Crippen LogP contribution in [0.1, 0.15) is 13.3 Å². The summed E-state index contributed by atoms with van der Waals surface area (Å²) in [5, 5.41) is 2.39. The van der Waals surface area contributed by atoms with Gasteiger partial charge in [0, 0.05) is 24.1 Å². The van der Waals surface area contributed by atoms with E-state index in [1.54, 1.807) is 0 Å². The lowest BCUT2D eigenvalue weighted by Gasteiger charge is -2.18. The lowest BCUT2D eigenvalue weighted by atomic mass is 9.92. The van der Waals surface area contributed by atoms with Gasteiger partial charge >= 0.3 is 0 Å². The SMILES string of the molecule is CCC[n+]1c2cccc3oc4cccc5oc6cccc1c6c(c32)-c45. The summed E-state index contributed by atoms with van der Waals surface area (Å²) in [6.45, 7) is 3.18. The molecule has 0 unspecified atom stereocenters.